The number of hydrogen-bond acceptors (Lipinski definition) is 7. The number of fused-ring (bicyclic) bond motifs is 1. The van der Waals surface area contributed by atoms with Crippen molar-refractivity contribution in [2.45, 2.75) is 0 Å². The molecule has 0 saturated carbocycles. The summed E-state index contributed by atoms with van der Waals surface area (Å²) in [5, 5.41) is 5.77. The molecule has 4 heterocycles. The zero-order valence-corrected chi connectivity index (χ0v) is 37.6. The van der Waals surface area contributed by atoms with Gasteiger partial charge in [0.2, 0.25) is 0 Å². The van der Waals surface area contributed by atoms with Gasteiger partial charge in [-0.15, -0.1) is 0 Å². The van der Waals surface area contributed by atoms with E-state index in [0.717, 1.165) is 121 Å². The van der Waals surface area contributed by atoms with Gasteiger partial charge in [0.25, 0.3) is 0 Å². The molecule has 0 unspecified atom stereocenters. The Bertz CT molecular complexity index is 4070. The van der Waals surface area contributed by atoms with E-state index in [2.05, 4.69) is 63.5 Å². The first-order chi connectivity index (χ1) is 33.8. The van der Waals surface area contributed by atoms with Crippen molar-refractivity contribution >= 4 is 83.3 Å². The highest BCUT2D eigenvalue weighted by molar-refractivity contribution is 6.25. The highest BCUT2D eigenvalue weighted by Gasteiger charge is 2.27. The van der Waals surface area contributed by atoms with Gasteiger partial charge >= 0.3 is 17.9 Å². The molecule has 69 heavy (non-hydrogen) atoms. The maximum Gasteiger partial charge on any atom is 0.337 e. The van der Waals surface area contributed by atoms with Crippen LogP contribution in [0.3, 0.4) is 0 Å². The van der Waals surface area contributed by atoms with Crippen LogP contribution in [0.4, 0.5) is 0 Å². The Balaban J connectivity index is 1.37. The van der Waals surface area contributed by atoms with Crippen molar-refractivity contribution in [3.05, 3.63) is 187 Å². The minimum Gasteiger partial charge on any atom is -0.465 e. The lowest BCUT2D eigenvalue weighted by atomic mass is 9.95. The van der Waals surface area contributed by atoms with Crippen LogP contribution >= 0.6 is 0 Å². The van der Waals surface area contributed by atoms with Crippen LogP contribution in [-0.2, 0) is 14.2 Å². The molecule has 0 amide bonds. The molecule has 332 valence electrons. The van der Waals surface area contributed by atoms with Gasteiger partial charge in [-0.3, -0.25) is 0 Å². The SMILES string of the molecule is COC(=O)c1ccc(-c2c3nc(c4[nH]c(c(-c5ccc(C(=O)OC)cc5)c5[nH]c(c(-c6ccc(C(=O)OC)cc6)c6[nH]c2c2ccccc62)c2ccccc52)c2ccccc42)-c2ccccc2-3)cc1. The van der Waals surface area contributed by atoms with Crippen LogP contribution in [0, 0.1) is 0 Å². The molecule has 10 heteroatoms. The smallest absolute Gasteiger partial charge is 0.337 e. The molecule has 2 aliphatic rings. The highest BCUT2D eigenvalue weighted by Crippen LogP contribution is 2.48. The molecule has 3 N–H and O–H groups in total. The molecule has 0 fully saturated rings. The molecular weight excluding hydrogens is 861 g/mol. The fourth-order valence-corrected chi connectivity index (χ4v) is 10.1. The number of H-pyrrole nitrogens is 3. The molecule has 0 atom stereocenters. The van der Waals surface area contributed by atoms with E-state index in [1.54, 1.807) is 36.4 Å². The standard InChI is InChI=1S/C59H40N4O6/c1-67-57(64)35-26-20-32(21-27-35)46-49-38-12-4-6-14-40(38)51(60-49)47(33-22-28-36(29-23-33)58(65)68-2)53-42-16-8-10-18-44(42)55(62-53)56-45-19-11-9-17-43(45)54(63-56)48(34-24-30-37(31-25-34)59(66)69-3)52-41-15-7-5-13-39(41)50(46)61-52/h4-31,60-62H,1-3H3. The first-order valence-corrected chi connectivity index (χ1v) is 22.4. The van der Waals surface area contributed by atoms with Gasteiger partial charge in [-0.05, 0) is 53.1 Å². The Morgan fingerprint density at radius 1 is 0.333 bits per heavy atom. The van der Waals surface area contributed by atoms with Crippen LogP contribution in [0.15, 0.2) is 170 Å². The molecule has 3 aromatic heterocycles. The number of nitrogens with one attached hydrogen (secondary N) is 3. The van der Waals surface area contributed by atoms with Crippen LogP contribution in [0.5, 0.6) is 0 Å². The Labute approximate surface area is 394 Å². The molecule has 10 aromatic rings. The summed E-state index contributed by atoms with van der Waals surface area (Å²) >= 11 is 0. The summed E-state index contributed by atoms with van der Waals surface area (Å²) in [5.41, 5.74) is 14.8. The van der Waals surface area contributed by atoms with E-state index in [1.807, 2.05) is 84.9 Å². The second-order valence-corrected chi connectivity index (χ2v) is 16.9. The van der Waals surface area contributed by atoms with Gasteiger partial charge in [0.15, 0.2) is 0 Å². The van der Waals surface area contributed by atoms with Crippen molar-refractivity contribution in [3.63, 3.8) is 0 Å². The Morgan fingerprint density at radius 2 is 0.609 bits per heavy atom. The lowest BCUT2D eigenvalue weighted by molar-refractivity contribution is 0.0592. The molecule has 8 bridgehead atoms. The Hall–Kier alpha value is -9.28. The van der Waals surface area contributed by atoms with Gasteiger partial charge in [0.05, 0.1) is 82.5 Å². The molecule has 1 aliphatic heterocycles. The van der Waals surface area contributed by atoms with E-state index in [4.69, 9.17) is 19.2 Å². The van der Waals surface area contributed by atoms with Crippen LogP contribution in [0.25, 0.3) is 121 Å². The van der Waals surface area contributed by atoms with E-state index in [-0.39, 0.29) is 0 Å². The average Bonchev–Trinajstić information content (AvgIpc) is 4.18. The van der Waals surface area contributed by atoms with Crippen LogP contribution in [0.1, 0.15) is 31.1 Å². The van der Waals surface area contributed by atoms with Crippen LogP contribution in [0.2, 0.25) is 0 Å². The summed E-state index contributed by atoms with van der Waals surface area (Å²) in [7, 11) is 4.14. The third-order valence-electron chi connectivity index (χ3n) is 13.3. The lowest BCUT2D eigenvalue weighted by Crippen LogP contribution is -2.00. The number of aromatic nitrogens is 4. The van der Waals surface area contributed by atoms with Gasteiger partial charge in [-0.25, -0.2) is 19.4 Å². The van der Waals surface area contributed by atoms with E-state index in [9.17, 15) is 14.4 Å². The van der Waals surface area contributed by atoms with Crippen molar-refractivity contribution < 1.29 is 28.6 Å². The number of nitrogens with zero attached hydrogens (tertiary/aromatic N) is 1. The molecule has 1 aliphatic carbocycles. The van der Waals surface area contributed by atoms with E-state index >= 15 is 0 Å². The maximum absolute atomic E-state index is 12.9. The topological polar surface area (TPSA) is 139 Å². The summed E-state index contributed by atoms with van der Waals surface area (Å²) in [6, 6.07) is 55.7. The normalized spacial score (nSPS) is 11.6. The van der Waals surface area contributed by atoms with Gasteiger partial charge in [0, 0.05) is 60.1 Å². The number of ether oxygens (including phenoxy) is 3. The minimum absolute atomic E-state index is 0.421. The van der Waals surface area contributed by atoms with Crippen LogP contribution in [-0.4, -0.2) is 59.2 Å². The first-order valence-electron chi connectivity index (χ1n) is 22.4. The Morgan fingerprint density at radius 3 is 0.957 bits per heavy atom. The molecular formula is C59H40N4O6. The first kappa shape index (κ1) is 41.2. The van der Waals surface area contributed by atoms with Crippen molar-refractivity contribution in [1.82, 2.24) is 19.9 Å². The summed E-state index contributed by atoms with van der Waals surface area (Å²) in [6.07, 6.45) is 0. The summed E-state index contributed by atoms with van der Waals surface area (Å²) < 4.78 is 15.4. The zero-order chi connectivity index (χ0) is 46.9. The number of methoxy groups -OCH3 is 3. The van der Waals surface area contributed by atoms with Crippen molar-refractivity contribution in [3.8, 4) is 55.9 Å². The fraction of sp³-hybridized carbons (Fsp3) is 0.0508. The molecule has 0 saturated heterocycles. The van der Waals surface area contributed by atoms with Crippen molar-refractivity contribution in [2.75, 3.05) is 21.3 Å². The number of carbonyl (C=O) groups excluding carboxylic acids is 3. The second-order valence-electron chi connectivity index (χ2n) is 16.9. The summed E-state index contributed by atoms with van der Waals surface area (Å²) in [5.74, 6) is -1.29. The van der Waals surface area contributed by atoms with Gasteiger partial charge in [-0.1, -0.05) is 133 Å². The quantitative estimate of drug-likeness (QED) is 0.112. The average molecular weight is 901 g/mol. The monoisotopic (exact) mass is 900 g/mol. The third kappa shape index (κ3) is 6.48. The van der Waals surface area contributed by atoms with Gasteiger partial charge in [-0.2, -0.15) is 0 Å². The Kier molecular flexibility index (Phi) is 9.70. The second kappa shape index (κ2) is 16.3. The molecule has 0 radical (unpaired) electrons. The molecule has 12 rings (SSSR count). The number of esters is 3. The number of benzene rings is 7. The molecule has 7 aromatic carbocycles. The lowest BCUT2D eigenvalue weighted by Gasteiger charge is -2.09. The number of rotatable bonds is 6. The van der Waals surface area contributed by atoms with Crippen molar-refractivity contribution in [1.29, 1.82) is 0 Å². The number of carbonyl (C=O) groups is 3. The van der Waals surface area contributed by atoms with Gasteiger partial charge in [0.1, 0.15) is 0 Å². The van der Waals surface area contributed by atoms with Crippen LogP contribution < -0.4 is 0 Å². The zero-order valence-electron chi connectivity index (χ0n) is 37.6. The maximum atomic E-state index is 12.9. The number of aromatic amines is 3. The summed E-state index contributed by atoms with van der Waals surface area (Å²) in [4.78, 5) is 56.2. The predicted octanol–water partition coefficient (Wildman–Crippen LogP) is 13.7. The summed E-state index contributed by atoms with van der Waals surface area (Å²) in [6.45, 7) is 0. The van der Waals surface area contributed by atoms with Gasteiger partial charge < -0.3 is 29.2 Å². The molecule has 10 nitrogen and oxygen atoms in total. The third-order valence-corrected chi connectivity index (χ3v) is 13.3. The van der Waals surface area contributed by atoms with E-state index < -0.39 is 17.9 Å². The highest BCUT2D eigenvalue weighted by atomic mass is 16.5. The van der Waals surface area contributed by atoms with E-state index in [1.165, 1.54) is 21.3 Å². The van der Waals surface area contributed by atoms with Crippen molar-refractivity contribution in [2.24, 2.45) is 0 Å². The predicted molar refractivity (Wildman–Crippen MR) is 274 cm³/mol. The van der Waals surface area contributed by atoms with E-state index in [0.29, 0.717) is 16.7 Å². The fourth-order valence-electron chi connectivity index (χ4n) is 10.1. The minimum atomic E-state index is -0.435. The largest absolute Gasteiger partial charge is 0.465 e. The molecule has 0 spiro atoms. The number of hydrogen-bond donors (Lipinski definition) is 3.